The summed E-state index contributed by atoms with van der Waals surface area (Å²) in [5.41, 5.74) is 8.52. The fourth-order valence-electron chi connectivity index (χ4n) is 4.17. The van der Waals surface area contributed by atoms with Crippen molar-refractivity contribution in [3.8, 4) is 11.1 Å². The Morgan fingerprint density at radius 1 is 0.652 bits per heavy atom. The first-order valence-electron chi connectivity index (χ1n) is 8.26. The SMILES string of the molecule is Cc1ccc2c(c1)Cc1c-2c2ccccc2c2cc(C)ccc12. The minimum atomic E-state index is 1.05. The summed E-state index contributed by atoms with van der Waals surface area (Å²) in [5.74, 6) is 0. The lowest BCUT2D eigenvalue weighted by atomic mass is 9.91. The third kappa shape index (κ3) is 1.72. The zero-order chi connectivity index (χ0) is 15.6. The quantitative estimate of drug-likeness (QED) is 0.299. The zero-order valence-electron chi connectivity index (χ0n) is 13.5. The van der Waals surface area contributed by atoms with Crippen LogP contribution in [0, 0.1) is 13.8 Å². The van der Waals surface area contributed by atoms with E-state index in [2.05, 4.69) is 74.5 Å². The van der Waals surface area contributed by atoms with E-state index in [-0.39, 0.29) is 0 Å². The summed E-state index contributed by atoms with van der Waals surface area (Å²) in [6, 6.07) is 22.7. The molecule has 0 unspecified atom stereocenters. The molecule has 5 rings (SSSR count). The Kier molecular flexibility index (Phi) is 2.50. The van der Waals surface area contributed by atoms with Crippen molar-refractivity contribution < 1.29 is 0 Å². The van der Waals surface area contributed by atoms with Crippen molar-refractivity contribution in [2.75, 3.05) is 0 Å². The molecule has 0 bridgehead atoms. The molecular formula is C23H18. The van der Waals surface area contributed by atoms with Crippen LogP contribution >= 0.6 is 0 Å². The van der Waals surface area contributed by atoms with Crippen molar-refractivity contribution >= 4 is 21.5 Å². The van der Waals surface area contributed by atoms with Crippen LogP contribution in [-0.4, -0.2) is 0 Å². The van der Waals surface area contributed by atoms with Gasteiger partial charge in [0.15, 0.2) is 0 Å². The van der Waals surface area contributed by atoms with Crippen LogP contribution in [0.3, 0.4) is 0 Å². The van der Waals surface area contributed by atoms with E-state index < -0.39 is 0 Å². The van der Waals surface area contributed by atoms with Gasteiger partial charge in [0.2, 0.25) is 0 Å². The first-order valence-corrected chi connectivity index (χ1v) is 8.26. The highest BCUT2D eigenvalue weighted by Crippen LogP contribution is 2.46. The van der Waals surface area contributed by atoms with Gasteiger partial charge in [0.25, 0.3) is 0 Å². The third-order valence-corrected chi connectivity index (χ3v) is 5.19. The first-order chi connectivity index (χ1) is 11.2. The normalized spacial score (nSPS) is 12.6. The number of fused-ring (bicyclic) bond motifs is 8. The molecule has 4 aromatic carbocycles. The summed E-state index contributed by atoms with van der Waals surface area (Å²) in [7, 11) is 0. The minimum absolute atomic E-state index is 1.05. The molecule has 0 heteroatoms. The van der Waals surface area contributed by atoms with Crippen LogP contribution < -0.4 is 0 Å². The van der Waals surface area contributed by atoms with Crippen molar-refractivity contribution in [1.29, 1.82) is 0 Å². The summed E-state index contributed by atoms with van der Waals surface area (Å²) in [6.07, 6.45) is 1.05. The monoisotopic (exact) mass is 294 g/mol. The molecule has 0 saturated heterocycles. The largest absolute Gasteiger partial charge is 0.0616 e. The van der Waals surface area contributed by atoms with E-state index in [0.29, 0.717) is 0 Å². The molecule has 0 saturated carbocycles. The molecule has 0 radical (unpaired) electrons. The Morgan fingerprint density at radius 3 is 2.26 bits per heavy atom. The first kappa shape index (κ1) is 12.9. The van der Waals surface area contributed by atoms with Crippen molar-refractivity contribution in [2.24, 2.45) is 0 Å². The van der Waals surface area contributed by atoms with Gasteiger partial charge in [-0.25, -0.2) is 0 Å². The molecule has 1 aliphatic carbocycles. The maximum Gasteiger partial charge on any atom is -0.000695 e. The van der Waals surface area contributed by atoms with Gasteiger partial charge in [-0.15, -0.1) is 0 Å². The highest BCUT2D eigenvalue weighted by molar-refractivity contribution is 6.17. The second-order valence-corrected chi connectivity index (χ2v) is 6.79. The van der Waals surface area contributed by atoms with E-state index in [0.717, 1.165) is 6.42 Å². The average Bonchev–Trinajstić information content (AvgIpc) is 2.93. The van der Waals surface area contributed by atoms with Crippen LogP contribution in [0.25, 0.3) is 32.7 Å². The van der Waals surface area contributed by atoms with Gasteiger partial charge in [0.05, 0.1) is 0 Å². The molecule has 0 amide bonds. The molecule has 0 nitrogen and oxygen atoms in total. The number of hydrogen-bond donors (Lipinski definition) is 0. The van der Waals surface area contributed by atoms with Gasteiger partial charge in [0, 0.05) is 0 Å². The molecule has 1 aliphatic rings. The third-order valence-electron chi connectivity index (χ3n) is 5.19. The Bertz CT molecular complexity index is 1100. The van der Waals surface area contributed by atoms with Crippen LogP contribution in [-0.2, 0) is 6.42 Å². The van der Waals surface area contributed by atoms with Gasteiger partial charge >= 0.3 is 0 Å². The van der Waals surface area contributed by atoms with Crippen LogP contribution in [0.15, 0.2) is 60.7 Å². The van der Waals surface area contributed by atoms with Crippen molar-refractivity contribution in [3.63, 3.8) is 0 Å². The van der Waals surface area contributed by atoms with Crippen molar-refractivity contribution in [3.05, 3.63) is 82.9 Å². The molecule has 23 heavy (non-hydrogen) atoms. The van der Waals surface area contributed by atoms with E-state index >= 15 is 0 Å². The molecule has 0 aliphatic heterocycles. The zero-order valence-corrected chi connectivity index (χ0v) is 13.5. The lowest BCUT2D eigenvalue weighted by Crippen LogP contribution is -1.88. The molecule has 0 aromatic heterocycles. The van der Waals surface area contributed by atoms with Gasteiger partial charge in [-0.2, -0.15) is 0 Å². The molecule has 4 aromatic rings. The van der Waals surface area contributed by atoms with Gasteiger partial charge < -0.3 is 0 Å². The van der Waals surface area contributed by atoms with E-state index in [9.17, 15) is 0 Å². The van der Waals surface area contributed by atoms with Crippen LogP contribution in [0.1, 0.15) is 22.3 Å². The fourth-order valence-corrected chi connectivity index (χ4v) is 4.17. The molecule has 0 atom stereocenters. The number of rotatable bonds is 0. The summed E-state index contributed by atoms with van der Waals surface area (Å²) in [4.78, 5) is 0. The smallest absolute Gasteiger partial charge is 0.000695 e. The summed E-state index contributed by atoms with van der Waals surface area (Å²) in [6.45, 7) is 4.36. The predicted molar refractivity (Wildman–Crippen MR) is 99.2 cm³/mol. The van der Waals surface area contributed by atoms with Crippen LogP contribution in [0.2, 0.25) is 0 Å². The van der Waals surface area contributed by atoms with Gasteiger partial charge in [0.1, 0.15) is 0 Å². The Hall–Kier alpha value is -2.60. The second-order valence-electron chi connectivity index (χ2n) is 6.79. The Morgan fingerprint density at radius 2 is 1.39 bits per heavy atom. The lowest BCUT2D eigenvalue weighted by Gasteiger charge is -2.13. The summed E-state index contributed by atoms with van der Waals surface area (Å²) >= 11 is 0. The van der Waals surface area contributed by atoms with E-state index in [1.807, 2.05) is 0 Å². The highest BCUT2D eigenvalue weighted by atomic mass is 14.3. The molecule has 0 heterocycles. The molecule has 0 fully saturated rings. The Balaban J connectivity index is 2.02. The molecule has 0 N–H and O–H groups in total. The van der Waals surface area contributed by atoms with Crippen molar-refractivity contribution in [1.82, 2.24) is 0 Å². The van der Waals surface area contributed by atoms with E-state index in [1.54, 1.807) is 0 Å². The average molecular weight is 294 g/mol. The number of benzene rings is 4. The highest BCUT2D eigenvalue weighted by Gasteiger charge is 2.23. The second kappa shape index (κ2) is 4.45. The molecule has 110 valence electrons. The summed E-state index contributed by atoms with van der Waals surface area (Å²) in [5, 5.41) is 5.57. The van der Waals surface area contributed by atoms with Crippen LogP contribution in [0.4, 0.5) is 0 Å². The molecular weight excluding hydrogens is 276 g/mol. The minimum Gasteiger partial charge on any atom is -0.0616 e. The topological polar surface area (TPSA) is 0 Å². The standard InChI is InChI=1S/C23H18/c1-14-7-9-17-16(11-14)13-22-19-10-8-15(2)12-21(19)18-5-3-4-6-20(18)23(17)22/h3-12H,13H2,1-2H3. The fraction of sp³-hybridized carbons (Fsp3) is 0.130. The van der Waals surface area contributed by atoms with Gasteiger partial charge in [-0.3, -0.25) is 0 Å². The van der Waals surface area contributed by atoms with Gasteiger partial charge in [-0.1, -0.05) is 71.8 Å². The lowest BCUT2D eigenvalue weighted by molar-refractivity contribution is 1.27. The maximum absolute atomic E-state index is 2.35. The van der Waals surface area contributed by atoms with E-state index in [1.165, 1.54) is 54.9 Å². The Labute approximate surface area is 136 Å². The van der Waals surface area contributed by atoms with Crippen LogP contribution in [0.5, 0.6) is 0 Å². The summed E-state index contributed by atoms with van der Waals surface area (Å²) < 4.78 is 0. The molecule has 0 spiro atoms. The van der Waals surface area contributed by atoms with E-state index in [4.69, 9.17) is 0 Å². The van der Waals surface area contributed by atoms with Gasteiger partial charge in [-0.05, 0) is 64.1 Å². The maximum atomic E-state index is 2.35. The van der Waals surface area contributed by atoms with Crippen molar-refractivity contribution in [2.45, 2.75) is 20.3 Å². The number of hydrogen-bond acceptors (Lipinski definition) is 0. The predicted octanol–water partition coefficient (Wildman–Crippen LogP) is 6.18. The number of aryl methyl sites for hydroxylation is 2.